The van der Waals surface area contributed by atoms with Gasteiger partial charge in [-0.15, -0.1) is 11.3 Å². The van der Waals surface area contributed by atoms with Crippen molar-refractivity contribution < 1.29 is 0 Å². The van der Waals surface area contributed by atoms with Crippen LogP contribution >= 0.6 is 27.3 Å². The molecule has 0 spiro atoms. The Labute approximate surface area is 97.3 Å². The third kappa shape index (κ3) is 2.57. The minimum absolute atomic E-state index is 0.415. The van der Waals surface area contributed by atoms with Gasteiger partial charge in [0.1, 0.15) is 5.54 Å². The highest BCUT2D eigenvalue weighted by Crippen LogP contribution is 2.26. The summed E-state index contributed by atoms with van der Waals surface area (Å²) in [6, 6.07) is 4.37. The number of thiophene rings is 1. The Morgan fingerprint density at radius 2 is 2.29 bits per heavy atom. The van der Waals surface area contributed by atoms with Crippen LogP contribution in [0.25, 0.3) is 0 Å². The predicted octanol–water partition coefficient (Wildman–Crippen LogP) is 3.24. The fourth-order valence-electron chi connectivity index (χ4n) is 0.970. The molecule has 1 rings (SSSR count). The van der Waals surface area contributed by atoms with E-state index in [2.05, 4.69) is 28.1 Å². The summed E-state index contributed by atoms with van der Waals surface area (Å²) in [5, 5.41) is 11.0. The van der Waals surface area contributed by atoms with Crippen LogP contribution in [-0.4, -0.2) is 17.5 Å². The lowest BCUT2D eigenvalue weighted by atomic mass is 10.1. The summed E-state index contributed by atoms with van der Waals surface area (Å²) >= 11 is 5.16. The van der Waals surface area contributed by atoms with Crippen molar-refractivity contribution in [3.63, 3.8) is 0 Å². The topological polar surface area (TPSA) is 27.0 Å². The Hall–Kier alpha value is -0.370. The summed E-state index contributed by atoms with van der Waals surface area (Å²) in [6.07, 6.45) is 0. The van der Waals surface area contributed by atoms with Gasteiger partial charge in [0.25, 0.3) is 0 Å². The molecule has 0 atom stereocenters. The predicted molar refractivity (Wildman–Crippen MR) is 63.2 cm³/mol. The van der Waals surface area contributed by atoms with Gasteiger partial charge in [-0.3, -0.25) is 4.90 Å². The molecule has 0 saturated heterocycles. The van der Waals surface area contributed by atoms with E-state index in [1.807, 2.05) is 31.2 Å². The molecule has 14 heavy (non-hydrogen) atoms. The van der Waals surface area contributed by atoms with E-state index in [0.29, 0.717) is 0 Å². The first-order chi connectivity index (χ1) is 6.47. The van der Waals surface area contributed by atoms with Crippen LogP contribution < -0.4 is 0 Å². The number of hydrogen-bond acceptors (Lipinski definition) is 3. The Bertz CT molecular complexity index is 351. The largest absolute Gasteiger partial charge is 0.285 e. The van der Waals surface area contributed by atoms with Gasteiger partial charge in [0, 0.05) is 6.54 Å². The Kier molecular flexibility index (Phi) is 3.71. The number of nitriles is 1. The SMILES string of the molecule is CN(Cc1ccsc1Br)C(C)(C)C#N. The van der Waals surface area contributed by atoms with Crippen molar-refractivity contribution in [1.82, 2.24) is 4.90 Å². The Balaban J connectivity index is 2.72. The molecule has 0 aliphatic rings. The van der Waals surface area contributed by atoms with E-state index < -0.39 is 5.54 Å². The van der Waals surface area contributed by atoms with E-state index in [9.17, 15) is 0 Å². The fraction of sp³-hybridized carbons (Fsp3) is 0.500. The molecule has 0 saturated carbocycles. The number of rotatable bonds is 3. The molecule has 0 aromatic carbocycles. The molecule has 0 bridgehead atoms. The second-order valence-electron chi connectivity index (χ2n) is 3.75. The van der Waals surface area contributed by atoms with Crippen LogP contribution in [0.15, 0.2) is 15.2 Å². The van der Waals surface area contributed by atoms with Crippen LogP contribution in [0, 0.1) is 11.3 Å². The molecule has 0 aliphatic heterocycles. The van der Waals surface area contributed by atoms with Crippen LogP contribution in [0.4, 0.5) is 0 Å². The zero-order valence-electron chi connectivity index (χ0n) is 8.54. The van der Waals surface area contributed by atoms with Crippen LogP contribution in [-0.2, 0) is 6.54 Å². The number of nitrogens with zero attached hydrogens (tertiary/aromatic N) is 2. The molecular formula is C10H13BrN2S. The average Bonchev–Trinajstić information content (AvgIpc) is 2.52. The molecule has 2 nitrogen and oxygen atoms in total. The molecule has 0 unspecified atom stereocenters. The van der Waals surface area contributed by atoms with Gasteiger partial charge in [0.05, 0.1) is 9.86 Å². The van der Waals surface area contributed by atoms with Crippen molar-refractivity contribution in [3.05, 3.63) is 20.8 Å². The van der Waals surface area contributed by atoms with E-state index in [0.717, 1.165) is 10.3 Å². The van der Waals surface area contributed by atoms with Crippen LogP contribution in [0.2, 0.25) is 0 Å². The Morgan fingerprint density at radius 3 is 2.71 bits per heavy atom. The molecular weight excluding hydrogens is 260 g/mol. The smallest absolute Gasteiger partial charge is 0.103 e. The quantitative estimate of drug-likeness (QED) is 0.845. The van der Waals surface area contributed by atoms with Gasteiger partial charge >= 0.3 is 0 Å². The summed E-state index contributed by atoms with van der Waals surface area (Å²) in [5.41, 5.74) is 0.822. The van der Waals surface area contributed by atoms with Crippen molar-refractivity contribution in [2.24, 2.45) is 0 Å². The summed E-state index contributed by atoms with van der Waals surface area (Å²) in [6.45, 7) is 4.64. The van der Waals surface area contributed by atoms with Gasteiger partial charge in [0.2, 0.25) is 0 Å². The van der Waals surface area contributed by atoms with Crippen molar-refractivity contribution in [1.29, 1.82) is 5.26 Å². The lowest BCUT2D eigenvalue weighted by Gasteiger charge is -2.28. The highest BCUT2D eigenvalue weighted by Gasteiger charge is 2.23. The first-order valence-corrected chi connectivity index (χ1v) is 5.99. The maximum atomic E-state index is 8.96. The summed E-state index contributed by atoms with van der Waals surface area (Å²) < 4.78 is 1.15. The molecule has 0 N–H and O–H groups in total. The third-order valence-corrected chi connectivity index (χ3v) is 4.14. The van der Waals surface area contributed by atoms with Crippen LogP contribution in [0.5, 0.6) is 0 Å². The van der Waals surface area contributed by atoms with E-state index in [1.165, 1.54) is 5.56 Å². The average molecular weight is 273 g/mol. The van der Waals surface area contributed by atoms with Crippen LogP contribution in [0.3, 0.4) is 0 Å². The molecule has 1 aromatic rings. The van der Waals surface area contributed by atoms with E-state index in [1.54, 1.807) is 11.3 Å². The maximum Gasteiger partial charge on any atom is 0.103 e. The highest BCUT2D eigenvalue weighted by molar-refractivity contribution is 9.11. The first kappa shape index (κ1) is 11.7. The lowest BCUT2D eigenvalue weighted by Crippen LogP contribution is -2.38. The molecule has 0 amide bonds. The summed E-state index contributed by atoms with van der Waals surface area (Å²) in [4.78, 5) is 2.04. The molecule has 4 heteroatoms. The molecule has 0 fully saturated rings. The molecule has 0 aliphatic carbocycles. The van der Waals surface area contributed by atoms with Gasteiger partial charge in [0.15, 0.2) is 0 Å². The third-order valence-electron chi connectivity index (χ3n) is 2.33. The standard InChI is InChI=1S/C10H13BrN2S/c1-10(2,7-12)13(3)6-8-4-5-14-9(8)11/h4-5H,6H2,1-3H3. The number of halogens is 1. The minimum atomic E-state index is -0.415. The van der Waals surface area contributed by atoms with Gasteiger partial charge < -0.3 is 0 Å². The van der Waals surface area contributed by atoms with Crippen molar-refractivity contribution in [2.45, 2.75) is 25.9 Å². The molecule has 1 aromatic heterocycles. The van der Waals surface area contributed by atoms with E-state index >= 15 is 0 Å². The van der Waals surface area contributed by atoms with Gasteiger partial charge in [-0.05, 0) is 53.8 Å². The van der Waals surface area contributed by atoms with Gasteiger partial charge in [-0.25, -0.2) is 0 Å². The molecule has 0 radical (unpaired) electrons. The van der Waals surface area contributed by atoms with E-state index in [4.69, 9.17) is 5.26 Å². The van der Waals surface area contributed by atoms with E-state index in [-0.39, 0.29) is 0 Å². The Morgan fingerprint density at radius 1 is 1.64 bits per heavy atom. The lowest BCUT2D eigenvalue weighted by molar-refractivity contribution is 0.203. The van der Waals surface area contributed by atoms with Crippen LogP contribution in [0.1, 0.15) is 19.4 Å². The maximum absolute atomic E-state index is 8.96. The van der Waals surface area contributed by atoms with Crippen molar-refractivity contribution >= 4 is 27.3 Å². The zero-order chi connectivity index (χ0) is 10.8. The van der Waals surface area contributed by atoms with Gasteiger partial charge in [-0.1, -0.05) is 0 Å². The summed E-state index contributed by atoms with van der Waals surface area (Å²) in [5.74, 6) is 0. The molecule has 76 valence electrons. The number of hydrogen-bond donors (Lipinski definition) is 0. The monoisotopic (exact) mass is 272 g/mol. The van der Waals surface area contributed by atoms with Gasteiger partial charge in [-0.2, -0.15) is 5.26 Å². The normalized spacial score (nSPS) is 11.7. The van der Waals surface area contributed by atoms with Crippen molar-refractivity contribution in [2.75, 3.05) is 7.05 Å². The second kappa shape index (κ2) is 4.43. The zero-order valence-corrected chi connectivity index (χ0v) is 10.9. The fourth-order valence-corrected chi connectivity index (χ4v) is 2.19. The van der Waals surface area contributed by atoms with Crippen molar-refractivity contribution in [3.8, 4) is 6.07 Å². The molecule has 1 heterocycles. The summed E-state index contributed by atoms with van der Waals surface area (Å²) in [7, 11) is 1.97. The highest BCUT2D eigenvalue weighted by atomic mass is 79.9. The minimum Gasteiger partial charge on any atom is -0.285 e. The first-order valence-electron chi connectivity index (χ1n) is 4.32. The second-order valence-corrected chi connectivity index (χ2v) is 5.98.